The first-order chi connectivity index (χ1) is 13.9. The number of ether oxygens (including phenoxy) is 2. The maximum absolute atomic E-state index is 11.7. The Bertz CT molecular complexity index is 759. The number of aliphatic imine (C=N–C) groups is 1. The smallest absolute Gasteiger partial charge is 0.191 e. The van der Waals surface area contributed by atoms with E-state index in [1.165, 1.54) is 6.26 Å². The molecule has 1 aromatic carbocycles. The first-order valence-electron chi connectivity index (χ1n) is 10.4. The van der Waals surface area contributed by atoms with E-state index in [4.69, 9.17) is 9.47 Å². The lowest BCUT2D eigenvalue weighted by molar-refractivity contribution is 0.0203. The van der Waals surface area contributed by atoms with Crippen LogP contribution >= 0.6 is 0 Å². The molecule has 0 aromatic heterocycles. The number of nitrogens with one attached hydrogen (secondary N) is 2. The Hall–Kier alpha value is -1.64. The minimum absolute atomic E-state index is 0.371. The maximum Gasteiger partial charge on any atom is 0.191 e. The number of hydrogen-bond acceptors (Lipinski definition) is 5. The molecular weight excluding hydrogens is 390 g/mol. The number of aryl methyl sites for hydroxylation is 1. The number of hydrogen-bond donors (Lipinski definition) is 2. The normalized spacial score (nSPS) is 16.0. The molecule has 0 aliphatic carbocycles. The number of benzene rings is 1. The second-order valence-electron chi connectivity index (χ2n) is 7.48. The lowest BCUT2D eigenvalue weighted by atomic mass is 10.0. The first-order valence-corrected chi connectivity index (χ1v) is 12.3. The molecule has 2 rings (SSSR count). The van der Waals surface area contributed by atoms with Gasteiger partial charge in [-0.1, -0.05) is 12.1 Å². The summed E-state index contributed by atoms with van der Waals surface area (Å²) in [5, 5.41) is 6.56. The monoisotopic (exact) mass is 425 g/mol. The zero-order valence-electron chi connectivity index (χ0n) is 17.9. The van der Waals surface area contributed by atoms with E-state index in [-0.39, 0.29) is 0 Å². The molecular formula is C21H35N3O4S. The van der Waals surface area contributed by atoms with Crippen LogP contribution in [0.3, 0.4) is 0 Å². The third-order valence-corrected chi connectivity index (χ3v) is 6.11. The molecule has 7 nitrogen and oxygen atoms in total. The minimum atomic E-state index is -3.20. The van der Waals surface area contributed by atoms with Crippen LogP contribution in [-0.4, -0.2) is 60.2 Å². The van der Waals surface area contributed by atoms with E-state index in [2.05, 4.69) is 15.6 Å². The third kappa shape index (κ3) is 8.72. The summed E-state index contributed by atoms with van der Waals surface area (Å²) >= 11 is 0. The molecule has 1 aromatic rings. The van der Waals surface area contributed by atoms with Gasteiger partial charge in [-0.25, -0.2) is 13.4 Å². The van der Waals surface area contributed by atoms with Gasteiger partial charge in [0, 0.05) is 45.8 Å². The minimum Gasteiger partial charge on any atom is -0.381 e. The average molecular weight is 426 g/mol. The highest BCUT2D eigenvalue weighted by Crippen LogP contribution is 2.17. The molecule has 1 fully saturated rings. The highest BCUT2D eigenvalue weighted by atomic mass is 32.2. The van der Waals surface area contributed by atoms with E-state index in [0.29, 0.717) is 17.4 Å². The van der Waals surface area contributed by atoms with Gasteiger partial charge in [-0.05, 0) is 56.2 Å². The standard InChI is InChI=1S/C21H35N3O4S/c1-4-22-21(23-10-5-11-28-16-18-8-12-27-13-9-18)24-15-19-6-7-20(17(2)14-19)29(3,25)26/h6-7,14,18H,4-5,8-13,15-16H2,1-3H3,(H2,22,23,24). The van der Waals surface area contributed by atoms with Crippen LogP contribution in [0.15, 0.2) is 28.1 Å². The Morgan fingerprint density at radius 3 is 2.69 bits per heavy atom. The highest BCUT2D eigenvalue weighted by molar-refractivity contribution is 7.90. The fourth-order valence-corrected chi connectivity index (χ4v) is 4.24. The molecule has 0 unspecified atom stereocenters. The van der Waals surface area contributed by atoms with Crippen LogP contribution in [0.25, 0.3) is 0 Å². The highest BCUT2D eigenvalue weighted by Gasteiger charge is 2.13. The number of guanidine groups is 1. The molecule has 1 aliphatic heterocycles. The van der Waals surface area contributed by atoms with Crippen LogP contribution in [0, 0.1) is 12.8 Å². The van der Waals surface area contributed by atoms with Gasteiger partial charge >= 0.3 is 0 Å². The number of sulfone groups is 1. The van der Waals surface area contributed by atoms with Crippen molar-refractivity contribution >= 4 is 15.8 Å². The topological polar surface area (TPSA) is 89.0 Å². The molecule has 0 atom stereocenters. The van der Waals surface area contributed by atoms with Gasteiger partial charge in [-0.15, -0.1) is 0 Å². The van der Waals surface area contributed by atoms with Crippen LogP contribution in [0.1, 0.15) is 37.3 Å². The van der Waals surface area contributed by atoms with E-state index in [1.54, 1.807) is 6.07 Å². The molecule has 8 heteroatoms. The number of rotatable bonds is 10. The second-order valence-corrected chi connectivity index (χ2v) is 9.46. The first kappa shape index (κ1) is 23.6. The summed E-state index contributed by atoms with van der Waals surface area (Å²) in [4.78, 5) is 4.97. The largest absolute Gasteiger partial charge is 0.381 e. The van der Waals surface area contributed by atoms with Crippen molar-refractivity contribution in [2.45, 2.75) is 44.6 Å². The molecule has 1 aliphatic rings. The SMILES string of the molecule is CCNC(=NCc1ccc(S(C)(=O)=O)c(C)c1)NCCCOCC1CCOCC1. The molecule has 0 saturated carbocycles. The molecule has 0 spiro atoms. The molecule has 0 radical (unpaired) electrons. The van der Waals surface area contributed by atoms with Gasteiger partial charge in [0.25, 0.3) is 0 Å². The molecule has 1 saturated heterocycles. The van der Waals surface area contributed by atoms with Crippen LogP contribution in [0.4, 0.5) is 0 Å². The van der Waals surface area contributed by atoms with Crippen molar-refractivity contribution in [3.63, 3.8) is 0 Å². The van der Waals surface area contributed by atoms with Gasteiger partial charge in [0.15, 0.2) is 15.8 Å². The third-order valence-electron chi connectivity index (χ3n) is 4.86. The van der Waals surface area contributed by atoms with E-state index in [1.807, 2.05) is 26.0 Å². The summed E-state index contributed by atoms with van der Waals surface area (Å²) in [6.07, 6.45) is 4.34. The van der Waals surface area contributed by atoms with E-state index < -0.39 is 9.84 Å². The van der Waals surface area contributed by atoms with Crippen molar-refractivity contribution in [3.05, 3.63) is 29.3 Å². The van der Waals surface area contributed by atoms with Crippen LogP contribution in [-0.2, 0) is 25.9 Å². The van der Waals surface area contributed by atoms with E-state index >= 15 is 0 Å². The fourth-order valence-electron chi connectivity index (χ4n) is 3.28. The Morgan fingerprint density at radius 1 is 1.28 bits per heavy atom. The van der Waals surface area contributed by atoms with Gasteiger partial charge in [-0.2, -0.15) is 0 Å². The molecule has 29 heavy (non-hydrogen) atoms. The summed E-state index contributed by atoms with van der Waals surface area (Å²) in [6, 6.07) is 5.36. The van der Waals surface area contributed by atoms with E-state index in [9.17, 15) is 8.42 Å². The Balaban J connectivity index is 1.75. The van der Waals surface area contributed by atoms with Crippen molar-refractivity contribution in [3.8, 4) is 0 Å². The Kier molecular flexibility index (Phi) is 9.90. The predicted molar refractivity (Wildman–Crippen MR) is 116 cm³/mol. The van der Waals surface area contributed by atoms with Gasteiger partial charge in [0.2, 0.25) is 0 Å². The summed E-state index contributed by atoms with van der Waals surface area (Å²) in [5.41, 5.74) is 1.73. The maximum atomic E-state index is 11.7. The number of nitrogens with zero attached hydrogens (tertiary/aromatic N) is 1. The lowest BCUT2D eigenvalue weighted by Crippen LogP contribution is -2.38. The fraction of sp³-hybridized carbons (Fsp3) is 0.667. The van der Waals surface area contributed by atoms with E-state index in [0.717, 1.165) is 75.9 Å². The molecule has 0 amide bonds. The summed E-state index contributed by atoms with van der Waals surface area (Å²) in [5.74, 6) is 1.38. The van der Waals surface area contributed by atoms with Crippen molar-refractivity contribution in [1.82, 2.24) is 10.6 Å². The van der Waals surface area contributed by atoms with Crippen LogP contribution < -0.4 is 10.6 Å². The Labute approximate surface area is 175 Å². The van der Waals surface area contributed by atoms with Crippen molar-refractivity contribution < 1.29 is 17.9 Å². The van der Waals surface area contributed by atoms with Crippen molar-refractivity contribution in [2.75, 3.05) is 45.8 Å². The summed E-state index contributed by atoms with van der Waals surface area (Å²) < 4.78 is 34.6. The quantitative estimate of drug-likeness (QED) is 0.340. The van der Waals surface area contributed by atoms with Crippen molar-refractivity contribution in [2.24, 2.45) is 10.9 Å². The average Bonchev–Trinajstić information content (AvgIpc) is 2.68. The van der Waals surface area contributed by atoms with Crippen LogP contribution in [0.2, 0.25) is 0 Å². The Morgan fingerprint density at radius 2 is 2.03 bits per heavy atom. The van der Waals surface area contributed by atoms with Gasteiger partial charge in [0.1, 0.15) is 0 Å². The molecule has 164 valence electrons. The molecule has 2 N–H and O–H groups in total. The second kappa shape index (κ2) is 12.1. The van der Waals surface area contributed by atoms with Gasteiger partial charge in [-0.3, -0.25) is 0 Å². The zero-order chi connectivity index (χ0) is 21.1. The summed E-state index contributed by atoms with van der Waals surface area (Å²) in [7, 11) is -3.20. The molecule has 1 heterocycles. The van der Waals surface area contributed by atoms with Gasteiger partial charge < -0.3 is 20.1 Å². The van der Waals surface area contributed by atoms with Crippen LogP contribution in [0.5, 0.6) is 0 Å². The lowest BCUT2D eigenvalue weighted by Gasteiger charge is -2.21. The summed E-state index contributed by atoms with van der Waals surface area (Å²) in [6.45, 7) is 9.15. The zero-order valence-corrected chi connectivity index (χ0v) is 18.7. The van der Waals surface area contributed by atoms with Crippen molar-refractivity contribution in [1.29, 1.82) is 0 Å². The molecule has 0 bridgehead atoms. The van der Waals surface area contributed by atoms with Gasteiger partial charge in [0.05, 0.1) is 11.4 Å². The predicted octanol–water partition coefficient (Wildman–Crippen LogP) is 2.29.